The zero-order valence-electron chi connectivity index (χ0n) is 15.3. The van der Waals surface area contributed by atoms with Gasteiger partial charge in [-0.05, 0) is 42.2 Å². The smallest absolute Gasteiger partial charge is 0.338 e. The molecule has 6 heteroatoms. The highest BCUT2D eigenvalue weighted by molar-refractivity contribution is 5.96. The second kappa shape index (κ2) is 8.47. The van der Waals surface area contributed by atoms with E-state index in [4.69, 9.17) is 9.47 Å². The van der Waals surface area contributed by atoms with Crippen LogP contribution in [-0.2, 0) is 9.53 Å². The number of halogens is 1. The van der Waals surface area contributed by atoms with Gasteiger partial charge in [-0.15, -0.1) is 0 Å². The van der Waals surface area contributed by atoms with Gasteiger partial charge in [0.25, 0.3) is 5.91 Å². The molecule has 0 saturated carbocycles. The highest BCUT2D eigenvalue weighted by atomic mass is 19.1. The molecule has 0 aromatic heterocycles. The van der Waals surface area contributed by atoms with Crippen LogP contribution in [0.4, 0.5) is 10.1 Å². The van der Waals surface area contributed by atoms with Crippen LogP contribution >= 0.6 is 0 Å². The van der Waals surface area contributed by atoms with Gasteiger partial charge in [-0.2, -0.15) is 0 Å². The van der Waals surface area contributed by atoms with E-state index in [2.05, 4.69) is 5.32 Å². The number of aryl methyl sites for hydroxylation is 1. The first-order valence-corrected chi connectivity index (χ1v) is 8.23. The fourth-order valence-corrected chi connectivity index (χ4v) is 2.53. The lowest BCUT2D eigenvalue weighted by Crippen LogP contribution is -2.22. The first-order chi connectivity index (χ1) is 12.3. The fraction of sp³-hybridized carbons (Fsp3) is 0.300. The summed E-state index contributed by atoms with van der Waals surface area (Å²) < 4.78 is 23.4. The van der Waals surface area contributed by atoms with Gasteiger partial charge in [0.1, 0.15) is 0 Å². The number of anilines is 1. The molecule has 0 aliphatic rings. The Labute approximate surface area is 152 Å². The summed E-state index contributed by atoms with van der Waals surface area (Å²) in [6.07, 6.45) is 0. The van der Waals surface area contributed by atoms with E-state index < -0.39 is 24.3 Å². The van der Waals surface area contributed by atoms with Crippen LogP contribution in [0.3, 0.4) is 0 Å². The molecule has 0 spiro atoms. The molecule has 0 aliphatic carbocycles. The van der Waals surface area contributed by atoms with Crippen LogP contribution in [0.1, 0.15) is 41.3 Å². The van der Waals surface area contributed by atoms with Gasteiger partial charge in [0.05, 0.1) is 12.7 Å². The molecule has 0 atom stereocenters. The Balaban J connectivity index is 2.01. The standard InChI is InChI=1S/C20H22FNO4/c1-12(2)15-7-5-6-13(3)19(15)22-18(23)11-26-20(24)14-8-9-17(25-4)16(21)10-14/h5-10,12H,11H2,1-4H3,(H,22,23). The van der Waals surface area contributed by atoms with Crippen molar-refractivity contribution in [1.82, 2.24) is 0 Å². The van der Waals surface area contributed by atoms with Gasteiger partial charge in [-0.3, -0.25) is 4.79 Å². The van der Waals surface area contributed by atoms with Crippen molar-refractivity contribution >= 4 is 17.6 Å². The largest absolute Gasteiger partial charge is 0.494 e. The van der Waals surface area contributed by atoms with Gasteiger partial charge in [-0.25, -0.2) is 9.18 Å². The molecule has 0 saturated heterocycles. The number of rotatable bonds is 6. The zero-order valence-corrected chi connectivity index (χ0v) is 15.3. The third-order valence-electron chi connectivity index (χ3n) is 3.91. The third kappa shape index (κ3) is 4.59. The van der Waals surface area contributed by atoms with E-state index in [0.29, 0.717) is 0 Å². The van der Waals surface area contributed by atoms with Crippen molar-refractivity contribution in [2.24, 2.45) is 0 Å². The molecule has 0 bridgehead atoms. The Morgan fingerprint density at radius 3 is 2.54 bits per heavy atom. The minimum absolute atomic E-state index is 0.00913. The maximum atomic E-state index is 13.6. The lowest BCUT2D eigenvalue weighted by molar-refractivity contribution is -0.119. The van der Waals surface area contributed by atoms with Crippen LogP contribution < -0.4 is 10.1 Å². The van der Waals surface area contributed by atoms with Crippen LogP contribution in [0.25, 0.3) is 0 Å². The molecule has 0 fully saturated rings. The summed E-state index contributed by atoms with van der Waals surface area (Å²) in [5.41, 5.74) is 2.66. The van der Waals surface area contributed by atoms with Gasteiger partial charge in [0.15, 0.2) is 18.2 Å². The Hall–Kier alpha value is -2.89. The van der Waals surface area contributed by atoms with E-state index in [1.54, 1.807) is 0 Å². The van der Waals surface area contributed by atoms with E-state index in [1.807, 2.05) is 39.0 Å². The molecule has 1 N–H and O–H groups in total. The van der Waals surface area contributed by atoms with Crippen molar-refractivity contribution in [2.75, 3.05) is 19.0 Å². The van der Waals surface area contributed by atoms with Gasteiger partial charge in [0.2, 0.25) is 0 Å². The van der Waals surface area contributed by atoms with E-state index in [9.17, 15) is 14.0 Å². The van der Waals surface area contributed by atoms with Crippen molar-refractivity contribution in [3.8, 4) is 5.75 Å². The maximum Gasteiger partial charge on any atom is 0.338 e. The molecular weight excluding hydrogens is 337 g/mol. The van der Waals surface area contributed by atoms with Crippen molar-refractivity contribution < 1.29 is 23.5 Å². The SMILES string of the molecule is COc1ccc(C(=O)OCC(=O)Nc2c(C)cccc2C(C)C)cc1F. The summed E-state index contributed by atoms with van der Waals surface area (Å²) in [6.45, 7) is 5.50. The number of para-hydroxylation sites is 1. The number of hydrogen-bond donors (Lipinski definition) is 1. The Bertz CT molecular complexity index is 817. The Morgan fingerprint density at radius 1 is 1.19 bits per heavy atom. The Morgan fingerprint density at radius 2 is 1.92 bits per heavy atom. The average Bonchev–Trinajstić information content (AvgIpc) is 2.61. The number of carbonyl (C=O) groups excluding carboxylic acids is 2. The number of methoxy groups -OCH3 is 1. The van der Waals surface area contributed by atoms with E-state index >= 15 is 0 Å². The molecule has 0 aliphatic heterocycles. The zero-order chi connectivity index (χ0) is 19.3. The number of hydrogen-bond acceptors (Lipinski definition) is 4. The second-order valence-electron chi connectivity index (χ2n) is 6.17. The van der Waals surface area contributed by atoms with Crippen LogP contribution in [0, 0.1) is 12.7 Å². The number of esters is 1. The monoisotopic (exact) mass is 359 g/mol. The van der Waals surface area contributed by atoms with Gasteiger partial charge >= 0.3 is 5.97 Å². The van der Waals surface area contributed by atoms with Gasteiger partial charge in [0, 0.05) is 5.69 Å². The van der Waals surface area contributed by atoms with E-state index in [-0.39, 0.29) is 17.2 Å². The summed E-state index contributed by atoms with van der Waals surface area (Å²) >= 11 is 0. The maximum absolute atomic E-state index is 13.6. The van der Waals surface area contributed by atoms with Crippen molar-refractivity contribution in [3.63, 3.8) is 0 Å². The highest BCUT2D eigenvalue weighted by Crippen LogP contribution is 2.27. The average molecular weight is 359 g/mol. The first-order valence-electron chi connectivity index (χ1n) is 8.23. The minimum Gasteiger partial charge on any atom is -0.494 e. The summed E-state index contributed by atoms with van der Waals surface area (Å²) in [7, 11) is 1.33. The molecule has 2 rings (SSSR count). The highest BCUT2D eigenvalue weighted by Gasteiger charge is 2.15. The third-order valence-corrected chi connectivity index (χ3v) is 3.91. The van der Waals surface area contributed by atoms with Crippen LogP contribution in [-0.4, -0.2) is 25.6 Å². The van der Waals surface area contributed by atoms with E-state index in [0.717, 1.165) is 22.9 Å². The number of nitrogens with one attached hydrogen (secondary N) is 1. The molecular formula is C20H22FNO4. The topological polar surface area (TPSA) is 64.6 Å². The number of benzene rings is 2. The normalized spacial score (nSPS) is 10.5. The van der Waals surface area contributed by atoms with Crippen molar-refractivity contribution in [1.29, 1.82) is 0 Å². The number of ether oxygens (including phenoxy) is 2. The fourth-order valence-electron chi connectivity index (χ4n) is 2.53. The quantitative estimate of drug-likeness (QED) is 0.790. The summed E-state index contributed by atoms with van der Waals surface area (Å²) in [4.78, 5) is 24.1. The molecule has 0 radical (unpaired) electrons. The van der Waals surface area contributed by atoms with Crippen LogP contribution in [0.15, 0.2) is 36.4 Å². The number of carbonyl (C=O) groups is 2. The molecule has 138 valence electrons. The summed E-state index contributed by atoms with van der Waals surface area (Å²) in [5.74, 6) is -1.65. The minimum atomic E-state index is -0.782. The first kappa shape index (κ1) is 19.4. The molecule has 0 unspecified atom stereocenters. The van der Waals surface area contributed by atoms with Crippen molar-refractivity contribution in [3.05, 3.63) is 58.9 Å². The molecule has 1 amide bonds. The molecule has 26 heavy (non-hydrogen) atoms. The van der Waals surface area contributed by atoms with Crippen LogP contribution in [0.2, 0.25) is 0 Å². The van der Waals surface area contributed by atoms with Crippen molar-refractivity contribution in [2.45, 2.75) is 26.7 Å². The molecule has 5 nitrogen and oxygen atoms in total. The lowest BCUT2D eigenvalue weighted by Gasteiger charge is -2.16. The lowest BCUT2D eigenvalue weighted by atomic mass is 9.98. The van der Waals surface area contributed by atoms with Gasteiger partial charge in [-0.1, -0.05) is 32.0 Å². The summed E-state index contributed by atoms with van der Waals surface area (Å²) in [6, 6.07) is 9.48. The molecule has 0 heterocycles. The molecule has 2 aromatic carbocycles. The summed E-state index contributed by atoms with van der Waals surface area (Å²) in [5, 5.41) is 2.79. The van der Waals surface area contributed by atoms with Gasteiger partial charge < -0.3 is 14.8 Å². The van der Waals surface area contributed by atoms with E-state index in [1.165, 1.54) is 19.2 Å². The predicted molar refractivity (Wildman–Crippen MR) is 97.1 cm³/mol. The molecule has 2 aromatic rings. The van der Waals surface area contributed by atoms with Crippen LogP contribution in [0.5, 0.6) is 5.75 Å². The number of amides is 1. The second-order valence-corrected chi connectivity index (χ2v) is 6.17. The Kier molecular flexibility index (Phi) is 6.33. The predicted octanol–water partition coefficient (Wildman–Crippen LogP) is 4.06.